The van der Waals surface area contributed by atoms with Gasteiger partial charge in [-0.05, 0) is 6.07 Å². The predicted molar refractivity (Wildman–Crippen MR) is 56.4 cm³/mol. The number of hydrogen-bond donors (Lipinski definition) is 2. The van der Waals surface area contributed by atoms with Crippen LogP contribution in [0.15, 0.2) is 18.2 Å². The Bertz CT molecular complexity index is 444. The number of aliphatic hydroxyl groups is 1. The number of nitrogens with zero attached hydrogens (tertiary/aromatic N) is 1. The molecule has 1 aromatic rings. The molecule has 0 saturated carbocycles. The van der Waals surface area contributed by atoms with E-state index in [0.29, 0.717) is 0 Å². The molecular formula is C10H11NO6. The van der Waals surface area contributed by atoms with Crippen LogP contribution in [0, 0.1) is 10.1 Å². The highest BCUT2D eigenvalue weighted by Crippen LogP contribution is 2.30. The molecule has 0 saturated heterocycles. The van der Waals surface area contributed by atoms with Crippen LogP contribution < -0.4 is 0 Å². The van der Waals surface area contributed by atoms with E-state index in [1.54, 1.807) is 0 Å². The van der Waals surface area contributed by atoms with Gasteiger partial charge in [0.25, 0.3) is 5.69 Å². The summed E-state index contributed by atoms with van der Waals surface area (Å²) in [7, 11) is 1.16. The van der Waals surface area contributed by atoms with Crippen LogP contribution in [0.25, 0.3) is 0 Å². The quantitative estimate of drug-likeness (QED) is 0.460. The lowest BCUT2D eigenvalue weighted by atomic mass is 10.0. The fraction of sp³-hybridized carbons (Fsp3) is 0.300. The average Bonchev–Trinajstić information content (AvgIpc) is 2.28. The summed E-state index contributed by atoms with van der Waals surface area (Å²) in [5.41, 5.74) is -0.355. The highest BCUT2D eigenvalue weighted by Gasteiger charge is 2.19. The molecule has 0 fully saturated rings. The molecule has 0 unspecified atom stereocenters. The minimum Gasteiger partial charge on any atom is -0.508 e. The molecule has 92 valence electrons. The molecule has 7 nitrogen and oxygen atoms in total. The molecule has 7 heteroatoms. The Morgan fingerprint density at radius 3 is 2.76 bits per heavy atom. The SMILES string of the molecule is COC(=O)C[C@H](O)c1cc([N+](=O)[O-])ccc1O. The van der Waals surface area contributed by atoms with Crippen molar-refractivity contribution in [1.82, 2.24) is 0 Å². The lowest BCUT2D eigenvalue weighted by Crippen LogP contribution is -2.08. The van der Waals surface area contributed by atoms with E-state index in [1.165, 1.54) is 0 Å². The number of esters is 1. The van der Waals surface area contributed by atoms with Gasteiger partial charge in [-0.2, -0.15) is 0 Å². The number of non-ortho nitro benzene ring substituents is 1. The van der Waals surface area contributed by atoms with E-state index in [0.717, 1.165) is 25.3 Å². The molecule has 1 atom stereocenters. The van der Waals surface area contributed by atoms with Crippen molar-refractivity contribution in [1.29, 1.82) is 0 Å². The van der Waals surface area contributed by atoms with Crippen LogP contribution in [0.1, 0.15) is 18.1 Å². The van der Waals surface area contributed by atoms with Crippen molar-refractivity contribution in [2.75, 3.05) is 7.11 Å². The van der Waals surface area contributed by atoms with Gasteiger partial charge in [0.2, 0.25) is 0 Å². The fourth-order valence-electron chi connectivity index (χ4n) is 1.27. The molecule has 17 heavy (non-hydrogen) atoms. The predicted octanol–water partition coefficient (Wildman–Crippen LogP) is 0.897. The zero-order chi connectivity index (χ0) is 13.0. The minimum absolute atomic E-state index is 0.0791. The standard InChI is InChI=1S/C10H11NO6/c1-17-10(14)5-9(13)7-4-6(11(15)16)2-3-8(7)12/h2-4,9,12-13H,5H2,1H3/t9-/m0/s1. The Balaban J connectivity index is 2.99. The average molecular weight is 241 g/mol. The maximum Gasteiger partial charge on any atom is 0.308 e. The third-order valence-electron chi connectivity index (χ3n) is 2.17. The summed E-state index contributed by atoms with van der Waals surface area (Å²) < 4.78 is 4.35. The Morgan fingerprint density at radius 2 is 2.24 bits per heavy atom. The molecule has 0 aromatic heterocycles. The van der Waals surface area contributed by atoms with Gasteiger partial charge in [-0.15, -0.1) is 0 Å². The third-order valence-corrected chi connectivity index (χ3v) is 2.17. The molecule has 0 aliphatic carbocycles. The highest BCUT2D eigenvalue weighted by atomic mass is 16.6. The van der Waals surface area contributed by atoms with Crippen molar-refractivity contribution in [2.24, 2.45) is 0 Å². The summed E-state index contributed by atoms with van der Waals surface area (Å²) >= 11 is 0. The molecule has 1 rings (SSSR count). The Hall–Kier alpha value is -2.15. The number of phenols is 1. The first-order valence-corrected chi connectivity index (χ1v) is 4.68. The van der Waals surface area contributed by atoms with Gasteiger partial charge < -0.3 is 14.9 Å². The molecule has 0 spiro atoms. The number of rotatable bonds is 4. The van der Waals surface area contributed by atoms with Gasteiger partial charge in [0.15, 0.2) is 0 Å². The summed E-state index contributed by atoms with van der Waals surface area (Å²) in [5, 5.41) is 29.6. The number of carbonyl (C=O) groups excluding carboxylic acids is 1. The number of nitro groups is 1. The second-order valence-corrected chi connectivity index (χ2v) is 3.30. The first kappa shape index (κ1) is 12.9. The summed E-state index contributed by atoms with van der Waals surface area (Å²) in [6, 6.07) is 3.21. The van der Waals surface area contributed by atoms with Crippen LogP contribution in [0.2, 0.25) is 0 Å². The van der Waals surface area contributed by atoms with Gasteiger partial charge in [-0.25, -0.2) is 0 Å². The van der Waals surface area contributed by atoms with Crippen molar-refractivity contribution < 1.29 is 24.7 Å². The lowest BCUT2D eigenvalue weighted by molar-refractivity contribution is -0.385. The van der Waals surface area contributed by atoms with E-state index < -0.39 is 17.0 Å². The minimum atomic E-state index is -1.35. The number of ether oxygens (including phenoxy) is 1. The van der Waals surface area contributed by atoms with Crippen molar-refractivity contribution >= 4 is 11.7 Å². The third kappa shape index (κ3) is 3.15. The van der Waals surface area contributed by atoms with Crippen LogP contribution in [-0.2, 0) is 9.53 Å². The largest absolute Gasteiger partial charge is 0.508 e. The topological polar surface area (TPSA) is 110 Å². The monoisotopic (exact) mass is 241 g/mol. The number of benzene rings is 1. The molecule has 0 bridgehead atoms. The van der Waals surface area contributed by atoms with Crippen molar-refractivity contribution in [2.45, 2.75) is 12.5 Å². The number of carbonyl (C=O) groups is 1. The number of aromatic hydroxyl groups is 1. The van der Waals surface area contributed by atoms with Gasteiger partial charge in [-0.1, -0.05) is 0 Å². The van der Waals surface area contributed by atoms with Crippen molar-refractivity contribution in [3.05, 3.63) is 33.9 Å². The van der Waals surface area contributed by atoms with Gasteiger partial charge in [-0.3, -0.25) is 14.9 Å². The molecule has 2 N–H and O–H groups in total. The summed E-state index contributed by atoms with van der Waals surface area (Å²) in [6.45, 7) is 0. The van der Waals surface area contributed by atoms with E-state index in [-0.39, 0.29) is 23.4 Å². The molecule has 1 aromatic carbocycles. The molecule has 0 radical (unpaired) electrons. The number of aliphatic hydroxyl groups excluding tert-OH is 1. The molecule has 0 amide bonds. The fourth-order valence-corrected chi connectivity index (χ4v) is 1.27. The normalized spacial score (nSPS) is 11.9. The molecule has 0 heterocycles. The number of hydrogen-bond acceptors (Lipinski definition) is 6. The van der Waals surface area contributed by atoms with Crippen molar-refractivity contribution in [3.8, 4) is 5.75 Å². The van der Waals surface area contributed by atoms with Gasteiger partial charge >= 0.3 is 5.97 Å². The number of methoxy groups -OCH3 is 1. The van der Waals surface area contributed by atoms with E-state index in [2.05, 4.69) is 4.74 Å². The Kier molecular flexibility index (Phi) is 4.00. The molecule has 0 aliphatic heterocycles. The van der Waals surface area contributed by atoms with Crippen LogP contribution in [0.4, 0.5) is 5.69 Å². The Morgan fingerprint density at radius 1 is 1.59 bits per heavy atom. The van der Waals surface area contributed by atoms with Crippen molar-refractivity contribution in [3.63, 3.8) is 0 Å². The number of nitro benzene ring substituents is 1. The van der Waals surface area contributed by atoms with Gasteiger partial charge in [0, 0.05) is 17.7 Å². The second-order valence-electron chi connectivity index (χ2n) is 3.30. The Labute approximate surface area is 96.4 Å². The van der Waals surface area contributed by atoms with Crippen LogP contribution in [-0.4, -0.2) is 28.2 Å². The zero-order valence-electron chi connectivity index (χ0n) is 8.99. The van der Waals surface area contributed by atoms with Crippen LogP contribution >= 0.6 is 0 Å². The first-order valence-electron chi connectivity index (χ1n) is 4.68. The first-order chi connectivity index (χ1) is 7.95. The number of phenolic OH excluding ortho intramolecular Hbond substituents is 1. The van der Waals surface area contributed by atoms with E-state index in [9.17, 15) is 25.1 Å². The van der Waals surface area contributed by atoms with Gasteiger partial charge in [0.1, 0.15) is 5.75 Å². The molecular weight excluding hydrogens is 230 g/mol. The smallest absolute Gasteiger partial charge is 0.308 e. The van der Waals surface area contributed by atoms with E-state index >= 15 is 0 Å². The highest BCUT2D eigenvalue weighted by molar-refractivity contribution is 5.70. The maximum atomic E-state index is 10.9. The van der Waals surface area contributed by atoms with Gasteiger partial charge in [0.05, 0.1) is 24.6 Å². The summed E-state index contributed by atoms with van der Waals surface area (Å²) in [6.07, 6.45) is -1.73. The lowest BCUT2D eigenvalue weighted by Gasteiger charge is -2.10. The van der Waals surface area contributed by atoms with E-state index in [1.807, 2.05) is 0 Å². The summed E-state index contributed by atoms with van der Waals surface area (Å²) in [5.74, 6) is -0.990. The molecule has 0 aliphatic rings. The van der Waals surface area contributed by atoms with Crippen LogP contribution in [0.3, 0.4) is 0 Å². The van der Waals surface area contributed by atoms with Crippen LogP contribution in [0.5, 0.6) is 5.75 Å². The zero-order valence-corrected chi connectivity index (χ0v) is 8.99. The summed E-state index contributed by atoms with van der Waals surface area (Å²) in [4.78, 5) is 20.8. The second kappa shape index (κ2) is 5.26. The maximum absolute atomic E-state index is 10.9. The van der Waals surface area contributed by atoms with E-state index in [4.69, 9.17) is 0 Å².